The zero-order valence-corrected chi connectivity index (χ0v) is 21.5. The van der Waals surface area contributed by atoms with E-state index in [0.29, 0.717) is 12.1 Å². The topological polar surface area (TPSA) is 42.9 Å². The maximum absolute atomic E-state index is 4.44. The molecule has 1 atom stereocenters. The molecule has 0 amide bonds. The van der Waals surface area contributed by atoms with Crippen LogP contribution in [0.2, 0.25) is 0 Å². The minimum Gasteiger partial charge on any atom is -0.371 e. The first kappa shape index (κ1) is 25.5. The van der Waals surface area contributed by atoms with Crippen LogP contribution in [0, 0.1) is 0 Å². The summed E-state index contributed by atoms with van der Waals surface area (Å²) in [5, 5.41) is 7.13. The van der Waals surface area contributed by atoms with Crippen molar-refractivity contribution in [2.24, 2.45) is 4.99 Å². The summed E-state index contributed by atoms with van der Waals surface area (Å²) in [5.41, 5.74) is 2.69. The Balaban J connectivity index is 0.00000341. The lowest BCUT2D eigenvalue weighted by Gasteiger charge is -2.34. The Morgan fingerprint density at radius 3 is 2.29 bits per heavy atom. The molecule has 2 aromatic rings. The molecule has 0 saturated carbocycles. The van der Waals surface area contributed by atoms with Gasteiger partial charge in [0, 0.05) is 51.0 Å². The summed E-state index contributed by atoms with van der Waals surface area (Å²) in [5.74, 6) is 0.922. The minimum absolute atomic E-state index is 0. The van der Waals surface area contributed by atoms with Gasteiger partial charge in [0.1, 0.15) is 0 Å². The summed E-state index contributed by atoms with van der Waals surface area (Å²) in [6.45, 7) is 6.36. The monoisotopic (exact) mass is 535 g/mol. The molecule has 1 unspecified atom stereocenters. The Morgan fingerprint density at radius 1 is 1.06 bits per heavy atom. The molecule has 31 heavy (non-hydrogen) atoms. The summed E-state index contributed by atoms with van der Waals surface area (Å²) < 4.78 is 0. The number of nitrogens with one attached hydrogen (secondary N) is 2. The fourth-order valence-corrected chi connectivity index (χ4v) is 3.96. The molecular formula is C25H38IN5. The van der Waals surface area contributed by atoms with E-state index in [4.69, 9.17) is 0 Å². The van der Waals surface area contributed by atoms with E-state index in [1.807, 2.05) is 7.05 Å². The molecule has 1 heterocycles. The van der Waals surface area contributed by atoms with Crippen LogP contribution in [-0.4, -0.2) is 56.7 Å². The van der Waals surface area contributed by atoms with Gasteiger partial charge in [-0.3, -0.25) is 9.89 Å². The van der Waals surface area contributed by atoms with Crippen LogP contribution < -0.4 is 15.5 Å². The third-order valence-corrected chi connectivity index (χ3v) is 6.06. The average Bonchev–Trinajstić information content (AvgIpc) is 2.80. The molecule has 1 saturated heterocycles. The number of piperidine rings is 1. The van der Waals surface area contributed by atoms with Crippen molar-refractivity contribution in [1.82, 2.24) is 15.5 Å². The van der Waals surface area contributed by atoms with Crippen LogP contribution >= 0.6 is 24.0 Å². The molecule has 170 valence electrons. The Hall–Kier alpha value is -1.80. The average molecular weight is 536 g/mol. The molecule has 3 rings (SSSR count). The first-order chi connectivity index (χ1) is 14.7. The fourth-order valence-electron chi connectivity index (χ4n) is 3.96. The van der Waals surface area contributed by atoms with Crippen molar-refractivity contribution in [1.29, 1.82) is 0 Å². The summed E-state index contributed by atoms with van der Waals surface area (Å²) in [6, 6.07) is 22.4. The third-order valence-electron chi connectivity index (χ3n) is 6.06. The van der Waals surface area contributed by atoms with Gasteiger partial charge in [0.05, 0.1) is 0 Å². The molecule has 5 nitrogen and oxygen atoms in total. The number of rotatable bonds is 8. The number of aliphatic imine (C=N–C) groups is 1. The van der Waals surface area contributed by atoms with Crippen LogP contribution in [0.5, 0.6) is 0 Å². The van der Waals surface area contributed by atoms with Crippen LogP contribution in [0.1, 0.15) is 31.7 Å². The molecule has 0 aliphatic carbocycles. The van der Waals surface area contributed by atoms with E-state index in [-0.39, 0.29) is 24.0 Å². The summed E-state index contributed by atoms with van der Waals surface area (Å²) in [7, 11) is 4.06. The maximum atomic E-state index is 4.44. The lowest BCUT2D eigenvalue weighted by atomic mass is 10.0. The molecule has 6 heteroatoms. The molecule has 2 N–H and O–H groups in total. The highest BCUT2D eigenvalue weighted by Gasteiger charge is 2.20. The molecule has 0 bridgehead atoms. The van der Waals surface area contributed by atoms with Crippen molar-refractivity contribution < 1.29 is 0 Å². The first-order valence-electron chi connectivity index (χ1n) is 11.2. The van der Waals surface area contributed by atoms with Crippen molar-refractivity contribution in [2.75, 3.05) is 38.6 Å². The second-order valence-corrected chi connectivity index (χ2v) is 8.28. The highest BCUT2D eigenvalue weighted by molar-refractivity contribution is 14.0. The van der Waals surface area contributed by atoms with Gasteiger partial charge in [-0.15, -0.1) is 24.0 Å². The number of guanidine groups is 1. The first-order valence-corrected chi connectivity index (χ1v) is 11.2. The van der Waals surface area contributed by atoms with Crippen molar-refractivity contribution in [3.05, 3.63) is 66.2 Å². The van der Waals surface area contributed by atoms with Crippen molar-refractivity contribution in [3.63, 3.8) is 0 Å². The van der Waals surface area contributed by atoms with Gasteiger partial charge in [-0.2, -0.15) is 0 Å². The van der Waals surface area contributed by atoms with Crippen LogP contribution in [0.15, 0.2) is 65.7 Å². The zero-order valence-electron chi connectivity index (χ0n) is 19.1. The SMILES string of the molecule is CN=C(NCCC(C)N(C)Cc1ccccc1)NC1CCN(c2ccccc2)CC1.I. The van der Waals surface area contributed by atoms with Crippen molar-refractivity contribution in [2.45, 2.75) is 44.8 Å². The van der Waals surface area contributed by atoms with E-state index in [9.17, 15) is 0 Å². The van der Waals surface area contributed by atoms with Crippen molar-refractivity contribution >= 4 is 35.6 Å². The standard InChI is InChI=1S/C25H37N5.HI/c1-21(29(3)20-22-10-6-4-7-11-22)14-17-27-25(26-2)28-23-15-18-30(19-16-23)24-12-8-5-9-13-24;/h4-13,21,23H,14-20H2,1-3H3,(H2,26,27,28);1H. The van der Waals surface area contributed by atoms with Crippen LogP contribution in [0.3, 0.4) is 0 Å². The van der Waals surface area contributed by atoms with Gasteiger partial charge in [-0.1, -0.05) is 48.5 Å². The second-order valence-electron chi connectivity index (χ2n) is 8.28. The largest absolute Gasteiger partial charge is 0.371 e. The van der Waals surface area contributed by atoms with Gasteiger partial charge in [0.25, 0.3) is 0 Å². The van der Waals surface area contributed by atoms with Crippen LogP contribution in [0.4, 0.5) is 5.69 Å². The summed E-state index contributed by atoms with van der Waals surface area (Å²) >= 11 is 0. The second kappa shape index (κ2) is 13.6. The van der Waals surface area contributed by atoms with E-state index >= 15 is 0 Å². The van der Waals surface area contributed by atoms with Gasteiger partial charge in [0.15, 0.2) is 5.96 Å². The van der Waals surface area contributed by atoms with Gasteiger partial charge < -0.3 is 15.5 Å². The number of benzene rings is 2. The highest BCUT2D eigenvalue weighted by atomic mass is 127. The van der Waals surface area contributed by atoms with Crippen molar-refractivity contribution in [3.8, 4) is 0 Å². The Morgan fingerprint density at radius 2 is 1.68 bits per heavy atom. The van der Waals surface area contributed by atoms with Gasteiger partial charge >= 0.3 is 0 Å². The Labute approximate surface area is 205 Å². The third kappa shape index (κ3) is 8.33. The zero-order chi connectivity index (χ0) is 21.2. The van der Waals surface area contributed by atoms with Gasteiger partial charge in [-0.05, 0) is 50.9 Å². The normalized spacial score (nSPS) is 16.0. The van der Waals surface area contributed by atoms with E-state index < -0.39 is 0 Å². The lowest BCUT2D eigenvalue weighted by molar-refractivity contribution is 0.238. The Bertz CT molecular complexity index is 760. The predicted molar refractivity (Wildman–Crippen MR) is 144 cm³/mol. The molecule has 0 spiro atoms. The Kier molecular flexibility index (Phi) is 11.2. The minimum atomic E-state index is 0. The number of para-hydroxylation sites is 1. The number of hydrogen-bond acceptors (Lipinski definition) is 3. The molecular weight excluding hydrogens is 497 g/mol. The summed E-state index contributed by atoms with van der Waals surface area (Å²) in [6.07, 6.45) is 3.34. The predicted octanol–water partition coefficient (Wildman–Crippen LogP) is 4.35. The molecule has 0 aromatic heterocycles. The molecule has 2 aromatic carbocycles. The van der Waals surface area contributed by atoms with E-state index in [2.05, 4.69) is 100 Å². The summed E-state index contributed by atoms with van der Waals surface area (Å²) in [4.78, 5) is 9.32. The fraction of sp³-hybridized carbons (Fsp3) is 0.480. The number of anilines is 1. The number of halogens is 1. The van der Waals surface area contributed by atoms with Crippen LogP contribution in [0.25, 0.3) is 0 Å². The lowest BCUT2D eigenvalue weighted by Crippen LogP contribution is -2.49. The van der Waals surface area contributed by atoms with E-state index in [0.717, 1.165) is 51.4 Å². The molecule has 0 radical (unpaired) electrons. The smallest absolute Gasteiger partial charge is 0.191 e. The maximum Gasteiger partial charge on any atom is 0.191 e. The quantitative estimate of drug-likeness (QED) is 0.300. The molecule has 1 fully saturated rings. The van der Waals surface area contributed by atoms with Gasteiger partial charge in [0.2, 0.25) is 0 Å². The van der Waals surface area contributed by atoms with Gasteiger partial charge in [-0.25, -0.2) is 0 Å². The van der Waals surface area contributed by atoms with E-state index in [1.54, 1.807) is 0 Å². The molecule has 1 aliphatic rings. The molecule has 1 aliphatic heterocycles. The number of hydrogen-bond donors (Lipinski definition) is 2. The van der Waals surface area contributed by atoms with Crippen LogP contribution in [-0.2, 0) is 6.54 Å². The number of nitrogens with zero attached hydrogens (tertiary/aromatic N) is 3. The highest BCUT2D eigenvalue weighted by Crippen LogP contribution is 2.19. The van der Waals surface area contributed by atoms with E-state index in [1.165, 1.54) is 11.3 Å².